The van der Waals surface area contributed by atoms with Crippen molar-refractivity contribution in [2.24, 2.45) is 34.7 Å². The molecule has 17 heteroatoms. The van der Waals surface area contributed by atoms with Crippen molar-refractivity contribution >= 4 is 25.9 Å². The molecule has 122 valence electrons. The van der Waals surface area contributed by atoms with E-state index in [0.29, 0.717) is 0 Å². The Morgan fingerprint density at radius 3 is 0.750 bits per heavy atom. The van der Waals surface area contributed by atoms with Crippen molar-refractivity contribution in [1.82, 2.24) is 16.3 Å². The van der Waals surface area contributed by atoms with Crippen LogP contribution < -0.4 is 51.0 Å². The second-order valence-electron chi connectivity index (χ2n) is 2.04. The summed E-state index contributed by atoms with van der Waals surface area (Å²) in [5, 5.41) is 0. The van der Waals surface area contributed by atoms with E-state index in [1.807, 2.05) is 0 Å². The van der Waals surface area contributed by atoms with Crippen molar-refractivity contribution in [1.29, 1.82) is 0 Å². The number of hydrogen-bond donors (Lipinski definition) is 12. The Kier molecular flexibility index (Phi) is 22.2. The summed E-state index contributed by atoms with van der Waals surface area (Å²) in [6.45, 7) is 0. The predicted octanol–water partition coefficient (Wildman–Crippen LogP) is -5.34. The molecule has 0 aromatic rings. The van der Waals surface area contributed by atoms with Crippen LogP contribution in [0.1, 0.15) is 0 Å². The highest BCUT2D eigenvalue weighted by Gasteiger charge is 2.00. The zero-order valence-electron chi connectivity index (χ0n) is 9.89. The summed E-state index contributed by atoms with van der Waals surface area (Å²) in [5.74, 6) is 13.3. The molecule has 0 spiro atoms. The molecule has 0 fully saturated rings. The molecule has 18 N–H and O–H groups in total. The van der Waals surface area contributed by atoms with E-state index in [-0.39, 0.29) is 0 Å². The first kappa shape index (κ1) is 26.4. The van der Waals surface area contributed by atoms with Crippen molar-refractivity contribution in [3.63, 3.8) is 0 Å². The zero-order valence-corrected chi connectivity index (χ0v) is 10.8. The molecule has 0 aliphatic rings. The van der Waals surface area contributed by atoms with Gasteiger partial charge in [-0.05, 0) is 0 Å². The van der Waals surface area contributed by atoms with Crippen LogP contribution in [0.2, 0.25) is 0 Å². The maximum absolute atomic E-state index is 9.35. The quantitative estimate of drug-likeness (QED) is 0.0867. The third-order valence-electron chi connectivity index (χ3n) is 0.427. The van der Waals surface area contributed by atoms with Gasteiger partial charge < -0.3 is 31.9 Å². The van der Waals surface area contributed by atoms with Gasteiger partial charge >= 0.3 is 25.9 Å². The van der Waals surface area contributed by atoms with Gasteiger partial charge in [-0.1, -0.05) is 0 Å². The largest absolute Gasteiger partial charge is 0.466 e. The van der Waals surface area contributed by atoms with E-state index >= 15 is 0 Å². The lowest BCUT2D eigenvalue weighted by atomic mass is 11.2. The number of hydrogen-bond acceptors (Lipinski definition) is 7. The molecule has 0 heterocycles. The molecule has 0 aliphatic heterocycles. The van der Waals surface area contributed by atoms with Crippen molar-refractivity contribution < 1.29 is 33.6 Å². The van der Waals surface area contributed by atoms with Crippen LogP contribution in [-0.4, -0.2) is 32.8 Å². The summed E-state index contributed by atoms with van der Waals surface area (Å²) < 4.78 is 8.88. The van der Waals surface area contributed by atoms with Crippen LogP contribution in [0.4, 0.5) is 14.4 Å². The van der Waals surface area contributed by atoms with Gasteiger partial charge in [0.05, 0.1) is 0 Å². The Morgan fingerprint density at radius 1 is 0.700 bits per heavy atom. The number of primary amides is 3. The molecular formula is C3H18N9O7P. The average molecular weight is 323 g/mol. The lowest BCUT2D eigenvalue weighted by molar-refractivity contribution is 0.248. The number of carbonyl (C=O) groups is 3. The van der Waals surface area contributed by atoms with E-state index in [9.17, 15) is 14.4 Å². The molecule has 0 atom stereocenters. The molecule has 0 rings (SSSR count). The molecular weight excluding hydrogens is 305 g/mol. The Balaban J connectivity index is -0.0000000853. The van der Waals surface area contributed by atoms with E-state index in [0.717, 1.165) is 0 Å². The fourth-order valence-corrected chi connectivity index (χ4v) is 0. The summed E-state index contributed by atoms with van der Waals surface area (Å²) in [4.78, 5) is 49.6. The molecule has 0 saturated heterocycles. The third kappa shape index (κ3) is 240. The van der Waals surface area contributed by atoms with E-state index in [2.05, 4.69) is 34.7 Å². The van der Waals surface area contributed by atoms with Crippen LogP contribution >= 0.6 is 7.82 Å². The van der Waals surface area contributed by atoms with E-state index in [4.69, 9.17) is 19.2 Å². The van der Waals surface area contributed by atoms with Crippen LogP contribution in [0, 0.1) is 0 Å². The van der Waals surface area contributed by atoms with Gasteiger partial charge in [0.2, 0.25) is 0 Å². The van der Waals surface area contributed by atoms with Gasteiger partial charge in [0, 0.05) is 0 Å². The first-order valence-electron chi connectivity index (χ1n) is 3.88. The lowest BCUT2D eigenvalue weighted by Crippen LogP contribution is -2.34. The first-order valence-corrected chi connectivity index (χ1v) is 5.44. The molecule has 0 aromatic carbocycles. The van der Waals surface area contributed by atoms with Gasteiger partial charge in [0.1, 0.15) is 0 Å². The maximum Gasteiger partial charge on any atom is 0.466 e. The molecule has 0 aromatic heterocycles. The normalized spacial score (nSPS) is 7.90. The highest BCUT2D eigenvalue weighted by Crippen LogP contribution is 2.25. The van der Waals surface area contributed by atoms with Crippen molar-refractivity contribution in [2.75, 3.05) is 0 Å². The number of nitrogens with one attached hydrogen (secondary N) is 3. The Bertz CT molecular complexity index is 275. The van der Waals surface area contributed by atoms with Gasteiger partial charge in [-0.25, -0.2) is 36.5 Å². The minimum absolute atomic E-state index is 0.718. The van der Waals surface area contributed by atoms with Gasteiger partial charge in [-0.15, -0.1) is 0 Å². The molecule has 0 unspecified atom stereocenters. The van der Waals surface area contributed by atoms with E-state index in [1.165, 1.54) is 0 Å². The fourth-order valence-electron chi connectivity index (χ4n) is 0. The van der Waals surface area contributed by atoms with Gasteiger partial charge in [0.25, 0.3) is 0 Å². The zero-order chi connectivity index (χ0) is 17.4. The number of nitrogens with two attached hydrogens (primary N) is 6. The fraction of sp³-hybridized carbons (Fsp3) is 0. The van der Waals surface area contributed by atoms with E-state index < -0.39 is 25.9 Å². The second kappa shape index (κ2) is 16.8. The Labute approximate surface area is 112 Å². The summed E-state index contributed by atoms with van der Waals surface area (Å²) in [6, 6.07) is -2.15. The summed E-state index contributed by atoms with van der Waals surface area (Å²) in [5.41, 5.74) is 18.2. The number of phosphoric acid groups is 1. The minimum atomic E-state index is -4.64. The van der Waals surface area contributed by atoms with Crippen LogP contribution in [0.5, 0.6) is 0 Å². The Morgan fingerprint density at radius 2 is 0.750 bits per heavy atom. The lowest BCUT2D eigenvalue weighted by Gasteiger charge is -1.82. The summed E-state index contributed by atoms with van der Waals surface area (Å²) >= 11 is 0. The molecule has 0 saturated carbocycles. The van der Waals surface area contributed by atoms with Gasteiger partial charge in [0.15, 0.2) is 0 Å². The van der Waals surface area contributed by atoms with Crippen LogP contribution in [-0.2, 0) is 4.57 Å². The topological polar surface area (TPSA) is 321 Å². The van der Waals surface area contributed by atoms with Crippen LogP contribution in [0.25, 0.3) is 0 Å². The number of amides is 6. The highest BCUT2D eigenvalue weighted by atomic mass is 31.2. The van der Waals surface area contributed by atoms with Crippen LogP contribution in [0.15, 0.2) is 0 Å². The second-order valence-corrected chi connectivity index (χ2v) is 3.07. The Hall–Kier alpha value is -2.20. The predicted molar refractivity (Wildman–Crippen MR) is 65.0 cm³/mol. The van der Waals surface area contributed by atoms with E-state index in [1.54, 1.807) is 16.3 Å². The summed E-state index contributed by atoms with van der Waals surface area (Å²) in [6.07, 6.45) is 0. The molecule has 20 heavy (non-hydrogen) atoms. The molecule has 6 amide bonds. The van der Waals surface area contributed by atoms with Crippen molar-refractivity contribution in [3.05, 3.63) is 0 Å². The summed E-state index contributed by atoms with van der Waals surface area (Å²) in [7, 11) is -4.64. The van der Waals surface area contributed by atoms with Gasteiger partial charge in [-0.2, -0.15) is 0 Å². The molecule has 16 nitrogen and oxygen atoms in total. The number of urea groups is 3. The van der Waals surface area contributed by atoms with Crippen molar-refractivity contribution in [3.8, 4) is 0 Å². The molecule has 0 radical (unpaired) electrons. The minimum Gasteiger partial charge on any atom is -0.351 e. The molecule has 0 aliphatic carbocycles. The maximum atomic E-state index is 9.35. The molecule has 0 bridgehead atoms. The monoisotopic (exact) mass is 323 g/mol. The number of carbonyl (C=O) groups excluding carboxylic acids is 3. The SMILES string of the molecule is NNC(N)=O.NNC(N)=O.NNC(N)=O.O=P(O)(O)O. The van der Waals surface area contributed by atoms with Crippen LogP contribution in [0.3, 0.4) is 0 Å². The standard InChI is InChI=1S/3CH5N3O.H3O4P/c3*2-1(5)4-3;1-5(2,3)4/h3*3H2,(H3,2,4,5);(H3,1,2,3,4). The third-order valence-corrected chi connectivity index (χ3v) is 0.427. The number of rotatable bonds is 0. The highest BCUT2D eigenvalue weighted by molar-refractivity contribution is 7.45. The van der Waals surface area contributed by atoms with Gasteiger partial charge in [-0.3, -0.25) is 16.3 Å². The average Bonchev–Trinajstić information content (AvgIpc) is 2.28. The van der Waals surface area contributed by atoms with Crippen molar-refractivity contribution in [2.45, 2.75) is 0 Å². The first-order chi connectivity index (χ1) is 8.81. The number of hydrazine groups is 3. The smallest absolute Gasteiger partial charge is 0.351 e.